The summed E-state index contributed by atoms with van der Waals surface area (Å²) in [6, 6.07) is 23.6. The first-order valence-electron chi connectivity index (χ1n) is 12.0. The number of nitrogens with zero attached hydrogens (tertiary/aromatic N) is 3. The zero-order valence-corrected chi connectivity index (χ0v) is 21.7. The SMILES string of the molecule is CN(C)C(=O)c1ccc(-c2ccccc2)c([C@@H]2c3cc(C#N)ccc3C[C@@]2(C)C(=O)Nc2nccs2)c1. The van der Waals surface area contributed by atoms with Crippen molar-refractivity contribution in [1.82, 2.24) is 9.88 Å². The maximum atomic E-state index is 13.9. The maximum Gasteiger partial charge on any atom is 0.253 e. The molecule has 0 spiro atoms. The Hall–Kier alpha value is -4.28. The molecule has 5 rings (SSSR count). The third-order valence-electron chi connectivity index (χ3n) is 7.05. The first-order chi connectivity index (χ1) is 17.8. The van der Waals surface area contributed by atoms with Crippen LogP contribution in [-0.2, 0) is 11.2 Å². The van der Waals surface area contributed by atoms with Crippen LogP contribution < -0.4 is 5.32 Å². The van der Waals surface area contributed by atoms with Crippen LogP contribution in [0.15, 0.2) is 78.3 Å². The number of hydrogen-bond donors (Lipinski definition) is 1. The molecule has 0 aliphatic heterocycles. The number of amides is 2. The fourth-order valence-corrected chi connectivity index (χ4v) is 5.78. The normalized spacial score (nSPS) is 18.1. The molecule has 0 fully saturated rings. The molecule has 1 aromatic heterocycles. The lowest BCUT2D eigenvalue weighted by Gasteiger charge is -2.32. The molecule has 1 heterocycles. The van der Waals surface area contributed by atoms with Gasteiger partial charge in [-0.25, -0.2) is 4.98 Å². The molecule has 1 aliphatic carbocycles. The number of hydrogen-bond acceptors (Lipinski definition) is 5. The molecule has 2 amide bonds. The Morgan fingerprint density at radius 2 is 1.86 bits per heavy atom. The predicted molar refractivity (Wildman–Crippen MR) is 145 cm³/mol. The second kappa shape index (κ2) is 9.64. The molecule has 0 saturated carbocycles. The fourth-order valence-electron chi connectivity index (χ4n) is 5.26. The molecular formula is C30H26N4O2S. The van der Waals surface area contributed by atoms with Crippen LogP contribution in [-0.4, -0.2) is 35.8 Å². The Morgan fingerprint density at radius 1 is 1.08 bits per heavy atom. The van der Waals surface area contributed by atoms with Crippen LogP contribution in [0.5, 0.6) is 0 Å². The number of benzene rings is 3. The van der Waals surface area contributed by atoms with Gasteiger partial charge in [0, 0.05) is 37.2 Å². The molecule has 7 heteroatoms. The van der Waals surface area contributed by atoms with Crippen LogP contribution in [0.1, 0.15) is 45.5 Å². The van der Waals surface area contributed by atoms with Gasteiger partial charge in [0.25, 0.3) is 5.91 Å². The van der Waals surface area contributed by atoms with Gasteiger partial charge in [-0.05, 0) is 65.4 Å². The monoisotopic (exact) mass is 506 g/mol. The third kappa shape index (κ3) is 4.41. The average molecular weight is 507 g/mol. The summed E-state index contributed by atoms with van der Waals surface area (Å²) in [5.74, 6) is -0.648. The lowest BCUT2D eigenvalue weighted by Crippen LogP contribution is -2.38. The van der Waals surface area contributed by atoms with E-state index in [1.807, 2.05) is 73.0 Å². The van der Waals surface area contributed by atoms with Gasteiger partial charge >= 0.3 is 0 Å². The van der Waals surface area contributed by atoms with Gasteiger partial charge < -0.3 is 10.2 Å². The number of rotatable bonds is 5. The van der Waals surface area contributed by atoms with E-state index in [0.29, 0.717) is 22.7 Å². The van der Waals surface area contributed by atoms with E-state index in [1.54, 1.807) is 31.3 Å². The summed E-state index contributed by atoms with van der Waals surface area (Å²) in [6.45, 7) is 1.96. The molecule has 1 N–H and O–H groups in total. The predicted octanol–water partition coefficient (Wildman–Crippen LogP) is 5.72. The smallest absolute Gasteiger partial charge is 0.253 e. The minimum absolute atomic E-state index is 0.112. The van der Waals surface area contributed by atoms with E-state index in [0.717, 1.165) is 27.8 Å². The topological polar surface area (TPSA) is 86.1 Å². The Balaban J connectivity index is 1.75. The van der Waals surface area contributed by atoms with Gasteiger partial charge in [0.2, 0.25) is 5.91 Å². The van der Waals surface area contributed by atoms with Crippen LogP contribution in [0.25, 0.3) is 11.1 Å². The number of nitrogens with one attached hydrogen (secondary N) is 1. The summed E-state index contributed by atoms with van der Waals surface area (Å²) in [7, 11) is 3.45. The van der Waals surface area contributed by atoms with Crippen molar-refractivity contribution in [2.45, 2.75) is 19.3 Å². The summed E-state index contributed by atoms with van der Waals surface area (Å²) in [6.07, 6.45) is 2.16. The van der Waals surface area contributed by atoms with Crippen molar-refractivity contribution in [3.05, 3.63) is 106 Å². The minimum atomic E-state index is -0.884. The number of aromatic nitrogens is 1. The number of anilines is 1. The molecule has 0 bridgehead atoms. The highest BCUT2D eigenvalue weighted by atomic mass is 32.1. The quantitative estimate of drug-likeness (QED) is 0.375. The van der Waals surface area contributed by atoms with Crippen molar-refractivity contribution in [1.29, 1.82) is 5.26 Å². The van der Waals surface area contributed by atoms with Crippen molar-refractivity contribution in [2.24, 2.45) is 5.41 Å². The zero-order chi connectivity index (χ0) is 26.2. The Bertz CT molecular complexity index is 1520. The second-order valence-corrected chi connectivity index (χ2v) is 10.6. The molecule has 3 aromatic carbocycles. The molecule has 37 heavy (non-hydrogen) atoms. The Kier molecular flexibility index (Phi) is 6.36. The van der Waals surface area contributed by atoms with E-state index in [9.17, 15) is 14.9 Å². The summed E-state index contributed by atoms with van der Waals surface area (Å²) in [4.78, 5) is 32.7. The van der Waals surface area contributed by atoms with Gasteiger partial charge in [-0.1, -0.05) is 42.5 Å². The van der Waals surface area contributed by atoms with E-state index in [1.165, 1.54) is 11.3 Å². The van der Waals surface area contributed by atoms with Crippen molar-refractivity contribution in [3.63, 3.8) is 0 Å². The van der Waals surface area contributed by atoms with E-state index in [2.05, 4.69) is 16.4 Å². The summed E-state index contributed by atoms with van der Waals surface area (Å²) >= 11 is 1.37. The molecule has 1 aliphatic rings. The van der Waals surface area contributed by atoms with E-state index in [-0.39, 0.29) is 17.7 Å². The van der Waals surface area contributed by atoms with Gasteiger partial charge in [0.1, 0.15) is 0 Å². The zero-order valence-electron chi connectivity index (χ0n) is 20.9. The van der Waals surface area contributed by atoms with Crippen LogP contribution in [0.2, 0.25) is 0 Å². The Labute approximate surface area is 220 Å². The van der Waals surface area contributed by atoms with E-state index >= 15 is 0 Å². The number of fused-ring (bicyclic) bond motifs is 1. The first kappa shape index (κ1) is 24.4. The van der Waals surface area contributed by atoms with Crippen molar-refractivity contribution in [3.8, 4) is 17.2 Å². The average Bonchev–Trinajstić information content (AvgIpc) is 3.53. The fraction of sp³-hybridized carbons (Fsp3) is 0.200. The standard InChI is InChI=1S/C30H26N4O2S/c1-30(28(36)33-29-32-13-14-37-29)17-22-10-9-19(18-31)15-24(22)26(30)25-16-21(27(35)34(2)3)11-12-23(25)20-7-5-4-6-8-20/h4-16,26H,17H2,1-3H3,(H,32,33,36)/t26-,30+/m0/s1. The van der Waals surface area contributed by atoms with Gasteiger partial charge in [0.15, 0.2) is 5.13 Å². The summed E-state index contributed by atoms with van der Waals surface area (Å²) in [5.41, 5.74) is 4.97. The first-order valence-corrected chi connectivity index (χ1v) is 12.8. The van der Waals surface area contributed by atoms with Crippen LogP contribution in [0.3, 0.4) is 0 Å². The number of thiazole rings is 1. The highest BCUT2D eigenvalue weighted by Crippen LogP contribution is 2.53. The maximum absolute atomic E-state index is 13.9. The molecule has 2 atom stereocenters. The van der Waals surface area contributed by atoms with E-state index in [4.69, 9.17) is 0 Å². The third-order valence-corrected chi connectivity index (χ3v) is 7.74. The van der Waals surface area contributed by atoms with Crippen LogP contribution >= 0.6 is 11.3 Å². The molecule has 6 nitrogen and oxygen atoms in total. The largest absolute Gasteiger partial charge is 0.345 e. The van der Waals surface area contributed by atoms with Crippen LogP contribution in [0.4, 0.5) is 5.13 Å². The highest BCUT2D eigenvalue weighted by Gasteiger charge is 2.50. The molecule has 0 radical (unpaired) electrons. The molecule has 0 unspecified atom stereocenters. The van der Waals surface area contributed by atoms with Gasteiger partial charge in [0.05, 0.1) is 17.0 Å². The number of carbonyl (C=O) groups excluding carboxylic acids is 2. The molecule has 4 aromatic rings. The minimum Gasteiger partial charge on any atom is -0.345 e. The summed E-state index contributed by atoms with van der Waals surface area (Å²) < 4.78 is 0. The Morgan fingerprint density at radius 3 is 2.54 bits per heavy atom. The molecule has 0 saturated heterocycles. The number of carbonyl (C=O) groups is 2. The summed E-state index contributed by atoms with van der Waals surface area (Å²) in [5, 5.41) is 15.0. The van der Waals surface area contributed by atoms with Crippen molar-refractivity contribution >= 4 is 28.3 Å². The van der Waals surface area contributed by atoms with Crippen LogP contribution in [0, 0.1) is 16.7 Å². The lowest BCUT2D eigenvalue weighted by molar-refractivity contribution is -0.125. The van der Waals surface area contributed by atoms with Gasteiger partial charge in [-0.3, -0.25) is 9.59 Å². The molecule has 184 valence electrons. The second-order valence-electron chi connectivity index (χ2n) is 9.71. The van der Waals surface area contributed by atoms with Gasteiger partial charge in [-0.15, -0.1) is 11.3 Å². The molecular weight excluding hydrogens is 480 g/mol. The van der Waals surface area contributed by atoms with Crippen molar-refractivity contribution in [2.75, 3.05) is 19.4 Å². The lowest BCUT2D eigenvalue weighted by atomic mass is 9.71. The van der Waals surface area contributed by atoms with E-state index < -0.39 is 5.41 Å². The highest BCUT2D eigenvalue weighted by molar-refractivity contribution is 7.13. The van der Waals surface area contributed by atoms with Gasteiger partial charge in [-0.2, -0.15) is 5.26 Å². The number of nitriles is 1. The van der Waals surface area contributed by atoms with Crippen molar-refractivity contribution < 1.29 is 9.59 Å².